The highest BCUT2D eigenvalue weighted by molar-refractivity contribution is 7.81. The van der Waals surface area contributed by atoms with E-state index in [1.54, 1.807) is 0 Å². The molecule has 3 nitrogen and oxygen atoms in total. The first-order chi connectivity index (χ1) is 7.99. The summed E-state index contributed by atoms with van der Waals surface area (Å²) in [5.41, 5.74) is 0.0981. The number of thiol groups is 1. The van der Waals surface area contributed by atoms with E-state index in [1.165, 1.54) is 19.1 Å². The van der Waals surface area contributed by atoms with Gasteiger partial charge in [-0.05, 0) is 6.07 Å². The van der Waals surface area contributed by atoms with E-state index < -0.39 is 11.6 Å². The van der Waals surface area contributed by atoms with Crippen molar-refractivity contribution in [3.8, 4) is 5.75 Å². The van der Waals surface area contributed by atoms with Crippen LogP contribution in [-0.4, -0.2) is 30.7 Å². The third-order valence-corrected chi connectivity index (χ3v) is 2.56. The van der Waals surface area contributed by atoms with Gasteiger partial charge in [-0.3, -0.25) is 4.79 Å². The number of methoxy groups -OCH3 is 1. The Morgan fingerprint density at radius 1 is 1.41 bits per heavy atom. The molecule has 17 heavy (non-hydrogen) atoms. The van der Waals surface area contributed by atoms with E-state index in [0.29, 0.717) is 0 Å². The Hall–Kier alpha value is -1.30. The van der Waals surface area contributed by atoms with Gasteiger partial charge in [-0.25, -0.2) is 8.78 Å². The summed E-state index contributed by atoms with van der Waals surface area (Å²) in [5.74, 6) is -1.66. The van der Waals surface area contributed by atoms with Gasteiger partial charge in [-0.2, -0.15) is 12.6 Å². The van der Waals surface area contributed by atoms with Crippen LogP contribution in [0, 0.1) is 11.6 Å². The third kappa shape index (κ3) is 3.33. The lowest BCUT2D eigenvalue weighted by atomic mass is 10.2. The molecule has 1 amide bonds. The largest absolute Gasteiger partial charge is 0.494 e. The van der Waals surface area contributed by atoms with Crippen LogP contribution in [0.2, 0.25) is 0 Å². The van der Waals surface area contributed by atoms with Crippen LogP contribution in [0.1, 0.15) is 5.56 Å². The molecular weight excluding hydrogens is 248 g/mol. The highest BCUT2D eigenvalue weighted by Crippen LogP contribution is 2.22. The third-order valence-electron chi connectivity index (χ3n) is 2.29. The van der Waals surface area contributed by atoms with Crippen LogP contribution < -0.4 is 4.74 Å². The average molecular weight is 261 g/mol. The van der Waals surface area contributed by atoms with Crippen molar-refractivity contribution in [2.24, 2.45) is 0 Å². The van der Waals surface area contributed by atoms with Gasteiger partial charge < -0.3 is 9.64 Å². The molecule has 0 heterocycles. The molecule has 0 fully saturated rings. The minimum atomic E-state index is -0.657. The number of hydrogen-bond donors (Lipinski definition) is 1. The Morgan fingerprint density at radius 3 is 2.59 bits per heavy atom. The monoisotopic (exact) mass is 261 g/mol. The summed E-state index contributed by atoms with van der Waals surface area (Å²) in [4.78, 5) is 12.5. The molecular formula is C11H13F2NO2S. The molecule has 1 aromatic carbocycles. The Morgan fingerprint density at radius 2 is 2.06 bits per heavy atom. The number of benzene rings is 1. The smallest absolute Gasteiger partial charge is 0.232 e. The molecule has 0 bridgehead atoms. The fourth-order valence-corrected chi connectivity index (χ4v) is 1.55. The highest BCUT2D eigenvalue weighted by Gasteiger charge is 2.14. The molecule has 0 unspecified atom stereocenters. The number of nitrogens with zero attached hydrogens (tertiary/aromatic N) is 1. The molecule has 6 heteroatoms. The van der Waals surface area contributed by atoms with Crippen LogP contribution in [0.25, 0.3) is 0 Å². The quantitative estimate of drug-likeness (QED) is 0.838. The lowest BCUT2D eigenvalue weighted by Crippen LogP contribution is -2.27. The molecule has 0 atom stereocenters. The Labute approximate surface area is 104 Å². The molecule has 0 aliphatic heterocycles. The van der Waals surface area contributed by atoms with Crippen molar-refractivity contribution in [3.63, 3.8) is 0 Å². The van der Waals surface area contributed by atoms with Gasteiger partial charge in [-0.1, -0.05) is 0 Å². The van der Waals surface area contributed by atoms with E-state index in [2.05, 4.69) is 17.4 Å². The van der Waals surface area contributed by atoms with E-state index in [4.69, 9.17) is 0 Å². The lowest BCUT2D eigenvalue weighted by molar-refractivity contribution is -0.127. The maximum absolute atomic E-state index is 13.5. The van der Waals surface area contributed by atoms with E-state index >= 15 is 0 Å². The van der Waals surface area contributed by atoms with Gasteiger partial charge in [0.15, 0.2) is 11.6 Å². The van der Waals surface area contributed by atoms with Gasteiger partial charge >= 0.3 is 0 Å². The Bertz CT molecular complexity index is 426. The normalized spacial score (nSPS) is 10.2. The minimum absolute atomic E-state index is 0.00780. The van der Waals surface area contributed by atoms with Crippen LogP contribution in [0.4, 0.5) is 8.78 Å². The average Bonchev–Trinajstić information content (AvgIpc) is 2.32. The maximum atomic E-state index is 13.5. The van der Waals surface area contributed by atoms with Crippen molar-refractivity contribution in [1.82, 2.24) is 4.90 Å². The van der Waals surface area contributed by atoms with Gasteiger partial charge in [0.05, 0.1) is 12.9 Å². The number of rotatable bonds is 4. The molecule has 0 saturated carbocycles. The zero-order valence-electron chi connectivity index (χ0n) is 9.54. The second kappa shape index (κ2) is 5.86. The Kier molecular flexibility index (Phi) is 4.74. The molecule has 0 saturated heterocycles. The minimum Gasteiger partial charge on any atom is -0.494 e. The summed E-state index contributed by atoms with van der Waals surface area (Å²) in [6, 6.07) is 1.99. The second-order valence-electron chi connectivity index (χ2n) is 3.49. The summed E-state index contributed by atoms with van der Waals surface area (Å²) in [7, 11) is 2.76. The van der Waals surface area contributed by atoms with E-state index in [0.717, 1.165) is 12.1 Å². The number of hydrogen-bond acceptors (Lipinski definition) is 3. The van der Waals surface area contributed by atoms with Gasteiger partial charge in [0.25, 0.3) is 0 Å². The summed E-state index contributed by atoms with van der Waals surface area (Å²) in [6.45, 7) is -0.00780. The van der Waals surface area contributed by atoms with Crippen molar-refractivity contribution in [1.29, 1.82) is 0 Å². The number of amides is 1. The van der Waals surface area contributed by atoms with Crippen LogP contribution in [0.15, 0.2) is 12.1 Å². The summed E-state index contributed by atoms with van der Waals surface area (Å²) in [6.07, 6.45) is 0. The van der Waals surface area contributed by atoms with Crippen LogP contribution in [0.3, 0.4) is 0 Å². The SMILES string of the molecule is COc1cc(F)c(CN(C)C(=O)CS)cc1F. The molecule has 1 aromatic rings. The van der Waals surface area contributed by atoms with Crippen LogP contribution in [0.5, 0.6) is 5.75 Å². The molecule has 0 N–H and O–H groups in total. The van der Waals surface area contributed by atoms with Gasteiger partial charge in [0, 0.05) is 25.2 Å². The van der Waals surface area contributed by atoms with Crippen molar-refractivity contribution >= 4 is 18.5 Å². The van der Waals surface area contributed by atoms with Crippen molar-refractivity contribution in [2.45, 2.75) is 6.54 Å². The van der Waals surface area contributed by atoms with Gasteiger partial charge in [0.1, 0.15) is 5.82 Å². The maximum Gasteiger partial charge on any atom is 0.232 e. The number of carbonyl (C=O) groups is 1. The van der Waals surface area contributed by atoms with Crippen molar-refractivity contribution in [3.05, 3.63) is 29.3 Å². The fraction of sp³-hybridized carbons (Fsp3) is 0.364. The molecule has 1 rings (SSSR count). The zero-order chi connectivity index (χ0) is 13.0. The van der Waals surface area contributed by atoms with Crippen molar-refractivity contribution in [2.75, 3.05) is 19.9 Å². The topological polar surface area (TPSA) is 29.5 Å². The van der Waals surface area contributed by atoms with Crippen LogP contribution >= 0.6 is 12.6 Å². The van der Waals surface area contributed by atoms with Crippen molar-refractivity contribution < 1.29 is 18.3 Å². The number of carbonyl (C=O) groups excluding carboxylic acids is 1. The van der Waals surface area contributed by atoms with Gasteiger partial charge in [0.2, 0.25) is 5.91 Å². The summed E-state index contributed by atoms with van der Waals surface area (Å²) < 4.78 is 31.5. The molecule has 0 spiro atoms. The van der Waals surface area contributed by atoms with E-state index in [1.807, 2.05) is 0 Å². The van der Waals surface area contributed by atoms with E-state index in [-0.39, 0.29) is 29.5 Å². The molecule has 0 aromatic heterocycles. The first-order valence-corrected chi connectivity index (χ1v) is 5.49. The first kappa shape index (κ1) is 13.8. The first-order valence-electron chi connectivity index (χ1n) is 4.86. The molecule has 0 aliphatic rings. The van der Waals surface area contributed by atoms with Gasteiger partial charge in [-0.15, -0.1) is 0 Å². The summed E-state index contributed by atoms with van der Waals surface area (Å²) >= 11 is 3.82. The van der Waals surface area contributed by atoms with Crippen LogP contribution in [-0.2, 0) is 11.3 Å². The fourth-order valence-electron chi connectivity index (χ4n) is 1.31. The van der Waals surface area contributed by atoms with E-state index in [9.17, 15) is 13.6 Å². The number of ether oxygens (including phenoxy) is 1. The number of halogens is 2. The molecule has 0 aliphatic carbocycles. The standard InChI is InChI=1S/C11H13F2NO2S/c1-14(11(15)6-17)5-7-3-9(13)10(16-2)4-8(7)12/h3-4,17H,5-6H2,1-2H3. The summed E-state index contributed by atoms with van der Waals surface area (Å²) in [5, 5.41) is 0. The molecule has 94 valence electrons. The zero-order valence-corrected chi connectivity index (χ0v) is 10.4. The lowest BCUT2D eigenvalue weighted by Gasteiger charge is -2.17. The predicted molar refractivity (Wildman–Crippen MR) is 63.2 cm³/mol. The molecule has 0 radical (unpaired) electrons. The predicted octanol–water partition coefficient (Wildman–Crippen LogP) is 1.86. The highest BCUT2D eigenvalue weighted by atomic mass is 32.1. The Balaban J connectivity index is 2.92. The second-order valence-corrected chi connectivity index (χ2v) is 3.80.